The standard InChI is InChI=1S/C6H8ClNO2/c1-2-10-6(9)5(3-7)4-8/h3-4,8H,2H2,1H3/b5-3+,8-4?. The molecule has 0 rings (SSSR count). The quantitative estimate of drug-likeness (QED) is 0.386. The summed E-state index contributed by atoms with van der Waals surface area (Å²) in [5.74, 6) is -0.562. The monoisotopic (exact) mass is 161 g/mol. The van der Waals surface area contributed by atoms with E-state index >= 15 is 0 Å². The molecule has 0 saturated heterocycles. The smallest absolute Gasteiger partial charge is 0.340 e. The Bertz CT molecular complexity index is 165. The van der Waals surface area contributed by atoms with Crippen molar-refractivity contribution < 1.29 is 9.53 Å². The fourth-order valence-electron chi connectivity index (χ4n) is 0.349. The molecule has 0 aromatic carbocycles. The Morgan fingerprint density at radius 2 is 2.40 bits per heavy atom. The summed E-state index contributed by atoms with van der Waals surface area (Å²) in [6.07, 6.45) is 0.852. The normalized spacial score (nSPS) is 10.8. The topological polar surface area (TPSA) is 50.2 Å². The maximum absolute atomic E-state index is 10.7. The number of halogens is 1. The summed E-state index contributed by atoms with van der Waals surface area (Å²) >= 11 is 5.18. The molecule has 1 N–H and O–H groups in total. The highest BCUT2D eigenvalue weighted by molar-refractivity contribution is 6.30. The van der Waals surface area contributed by atoms with Crippen molar-refractivity contribution in [2.24, 2.45) is 0 Å². The molecule has 0 aliphatic carbocycles. The minimum atomic E-state index is -0.562. The van der Waals surface area contributed by atoms with Crippen molar-refractivity contribution in [2.45, 2.75) is 6.92 Å². The van der Waals surface area contributed by atoms with Gasteiger partial charge in [0.05, 0.1) is 12.2 Å². The molecule has 0 bridgehead atoms. The minimum absolute atomic E-state index is 0.0588. The molecule has 0 fully saturated rings. The summed E-state index contributed by atoms with van der Waals surface area (Å²) in [5.41, 5.74) is 1.08. The van der Waals surface area contributed by atoms with Crippen LogP contribution in [0.15, 0.2) is 11.1 Å². The Kier molecular flexibility index (Phi) is 4.58. The van der Waals surface area contributed by atoms with E-state index in [-0.39, 0.29) is 5.57 Å². The van der Waals surface area contributed by atoms with Crippen molar-refractivity contribution in [1.29, 1.82) is 5.41 Å². The lowest BCUT2D eigenvalue weighted by Crippen LogP contribution is -2.07. The third-order valence-electron chi connectivity index (χ3n) is 0.784. The predicted octanol–water partition coefficient (Wildman–Crippen LogP) is 1.32. The number of carbonyl (C=O) groups is 1. The van der Waals surface area contributed by atoms with Gasteiger partial charge in [-0.15, -0.1) is 0 Å². The summed E-state index contributed by atoms with van der Waals surface area (Å²) in [6, 6.07) is 0. The van der Waals surface area contributed by atoms with E-state index in [1.165, 1.54) is 0 Å². The van der Waals surface area contributed by atoms with E-state index in [1.54, 1.807) is 6.92 Å². The van der Waals surface area contributed by atoms with Gasteiger partial charge in [0.2, 0.25) is 0 Å². The van der Waals surface area contributed by atoms with Crippen LogP contribution in [0.1, 0.15) is 6.92 Å². The first-order valence-electron chi connectivity index (χ1n) is 2.74. The van der Waals surface area contributed by atoms with Gasteiger partial charge in [-0.2, -0.15) is 0 Å². The van der Waals surface area contributed by atoms with Crippen LogP contribution < -0.4 is 0 Å². The molecule has 10 heavy (non-hydrogen) atoms. The van der Waals surface area contributed by atoms with Gasteiger partial charge in [0.25, 0.3) is 0 Å². The minimum Gasteiger partial charge on any atom is -0.462 e. The Morgan fingerprint density at radius 3 is 2.70 bits per heavy atom. The van der Waals surface area contributed by atoms with Gasteiger partial charge in [-0.25, -0.2) is 4.79 Å². The van der Waals surface area contributed by atoms with Gasteiger partial charge in [0, 0.05) is 11.7 Å². The lowest BCUT2D eigenvalue weighted by Gasteiger charge is -1.98. The van der Waals surface area contributed by atoms with Crippen LogP contribution in [0.25, 0.3) is 0 Å². The van der Waals surface area contributed by atoms with Gasteiger partial charge in [-0.05, 0) is 6.92 Å². The van der Waals surface area contributed by atoms with Crippen molar-refractivity contribution in [3.63, 3.8) is 0 Å². The second kappa shape index (κ2) is 4.99. The van der Waals surface area contributed by atoms with Gasteiger partial charge < -0.3 is 10.1 Å². The van der Waals surface area contributed by atoms with Crippen LogP contribution in [-0.4, -0.2) is 18.8 Å². The highest BCUT2D eigenvalue weighted by atomic mass is 35.5. The van der Waals surface area contributed by atoms with Gasteiger partial charge in [-0.1, -0.05) is 11.6 Å². The molecule has 0 aliphatic heterocycles. The van der Waals surface area contributed by atoms with Gasteiger partial charge in [0.1, 0.15) is 0 Å². The molecule has 0 amide bonds. The molecule has 0 aromatic heterocycles. The molecule has 0 radical (unpaired) electrons. The van der Waals surface area contributed by atoms with Crippen LogP contribution in [0.4, 0.5) is 0 Å². The van der Waals surface area contributed by atoms with E-state index in [0.717, 1.165) is 11.7 Å². The summed E-state index contributed by atoms with van der Waals surface area (Å²) < 4.78 is 4.54. The predicted molar refractivity (Wildman–Crippen MR) is 39.4 cm³/mol. The second-order valence-corrected chi connectivity index (χ2v) is 1.65. The molecule has 0 saturated carbocycles. The Hall–Kier alpha value is -0.830. The average Bonchev–Trinajstić information content (AvgIpc) is 1.91. The van der Waals surface area contributed by atoms with E-state index in [9.17, 15) is 4.79 Å². The van der Waals surface area contributed by atoms with E-state index in [0.29, 0.717) is 6.61 Å². The summed E-state index contributed by atoms with van der Waals surface area (Å²) in [7, 11) is 0. The molecule has 4 heteroatoms. The molecule has 3 nitrogen and oxygen atoms in total. The van der Waals surface area contributed by atoms with Crippen LogP contribution >= 0.6 is 11.6 Å². The number of esters is 1. The SMILES string of the molecule is CCOC(=O)/C(C=N)=C/Cl. The zero-order valence-corrected chi connectivity index (χ0v) is 6.31. The number of hydrogen-bond acceptors (Lipinski definition) is 3. The molecule has 0 aliphatic rings. The number of hydrogen-bond donors (Lipinski definition) is 1. The largest absolute Gasteiger partial charge is 0.462 e. The Balaban J connectivity index is 4.04. The van der Waals surface area contributed by atoms with Crippen molar-refractivity contribution in [3.8, 4) is 0 Å². The molecular weight excluding hydrogens is 154 g/mol. The molecule has 0 aromatic rings. The van der Waals surface area contributed by atoms with Crippen molar-refractivity contribution in [2.75, 3.05) is 6.61 Å². The summed E-state index contributed by atoms with van der Waals surface area (Å²) in [5, 5.41) is 6.69. The molecule has 0 spiro atoms. The van der Waals surface area contributed by atoms with Crippen molar-refractivity contribution >= 4 is 23.8 Å². The molecular formula is C6H8ClNO2. The first kappa shape index (κ1) is 9.17. The van der Waals surface area contributed by atoms with E-state index < -0.39 is 5.97 Å². The van der Waals surface area contributed by atoms with Crippen molar-refractivity contribution in [3.05, 3.63) is 11.1 Å². The highest BCUT2D eigenvalue weighted by Crippen LogP contribution is 1.95. The van der Waals surface area contributed by atoms with Crippen LogP contribution in [0.5, 0.6) is 0 Å². The van der Waals surface area contributed by atoms with Crippen LogP contribution in [0.2, 0.25) is 0 Å². The van der Waals surface area contributed by atoms with E-state index in [4.69, 9.17) is 17.0 Å². The lowest BCUT2D eigenvalue weighted by molar-refractivity contribution is -0.137. The summed E-state index contributed by atoms with van der Waals surface area (Å²) in [4.78, 5) is 10.7. The maximum Gasteiger partial charge on any atom is 0.340 e. The third kappa shape index (κ3) is 2.64. The van der Waals surface area contributed by atoms with Crippen LogP contribution in [-0.2, 0) is 9.53 Å². The molecule has 0 unspecified atom stereocenters. The highest BCUT2D eigenvalue weighted by Gasteiger charge is 2.04. The molecule has 0 atom stereocenters. The zero-order valence-electron chi connectivity index (χ0n) is 5.56. The van der Waals surface area contributed by atoms with Crippen LogP contribution in [0, 0.1) is 5.41 Å². The maximum atomic E-state index is 10.7. The number of carbonyl (C=O) groups excluding carboxylic acids is 1. The third-order valence-corrected chi connectivity index (χ3v) is 1.02. The van der Waals surface area contributed by atoms with E-state index in [1.807, 2.05) is 0 Å². The first-order valence-corrected chi connectivity index (χ1v) is 3.17. The number of ether oxygens (including phenoxy) is 1. The lowest BCUT2D eigenvalue weighted by atomic mass is 10.3. The second-order valence-electron chi connectivity index (χ2n) is 1.43. The molecule has 56 valence electrons. The van der Waals surface area contributed by atoms with Gasteiger partial charge in [-0.3, -0.25) is 0 Å². The van der Waals surface area contributed by atoms with Gasteiger partial charge >= 0.3 is 5.97 Å². The Labute approximate surface area is 64.1 Å². The summed E-state index contributed by atoms with van der Waals surface area (Å²) in [6.45, 7) is 1.98. The first-order chi connectivity index (χ1) is 4.76. The molecule has 0 heterocycles. The average molecular weight is 162 g/mol. The zero-order chi connectivity index (χ0) is 7.98. The fourth-order valence-corrected chi connectivity index (χ4v) is 0.501. The Morgan fingerprint density at radius 1 is 1.80 bits per heavy atom. The van der Waals surface area contributed by atoms with E-state index in [2.05, 4.69) is 4.74 Å². The van der Waals surface area contributed by atoms with Crippen molar-refractivity contribution in [1.82, 2.24) is 0 Å². The van der Waals surface area contributed by atoms with Gasteiger partial charge in [0.15, 0.2) is 0 Å². The fraction of sp³-hybridized carbons (Fsp3) is 0.333. The number of rotatable bonds is 3. The van der Waals surface area contributed by atoms with Crippen LogP contribution in [0.3, 0.4) is 0 Å². The number of nitrogens with one attached hydrogen (secondary N) is 1.